The maximum Gasteiger partial charge on any atom is 0.0365 e. The molecule has 0 amide bonds. The molecule has 3 N–H and O–H groups in total. The fraction of sp³-hybridized carbons (Fsp3) is 0.385. The zero-order valence-corrected chi connectivity index (χ0v) is 9.16. The largest absolute Gasteiger partial charge is 0.399 e. The van der Waals surface area contributed by atoms with E-state index in [1.165, 1.54) is 18.4 Å². The maximum absolute atomic E-state index is 5.81. The fourth-order valence-corrected chi connectivity index (χ4v) is 2.06. The Balaban J connectivity index is 2.06. The van der Waals surface area contributed by atoms with Crippen LogP contribution in [0.5, 0.6) is 0 Å². The predicted molar refractivity (Wildman–Crippen MR) is 66.0 cm³/mol. The number of hydrogen-bond donors (Lipinski definition) is 2. The van der Waals surface area contributed by atoms with E-state index in [9.17, 15) is 0 Å². The molecule has 1 unspecified atom stereocenters. The van der Waals surface area contributed by atoms with Crippen molar-refractivity contribution in [3.63, 3.8) is 0 Å². The van der Waals surface area contributed by atoms with Gasteiger partial charge in [-0.25, -0.2) is 0 Å². The molecule has 0 saturated heterocycles. The number of aryl methyl sites for hydroxylation is 1. The summed E-state index contributed by atoms with van der Waals surface area (Å²) in [4.78, 5) is 0. The summed E-state index contributed by atoms with van der Waals surface area (Å²) >= 11 is 0. The zero-order chi connectivity index (χ0) is 10.7. The minimum atomic E-state index is 0.566. The predicted octanol–water partition coefficient (Wildman–Crippen LogP) is 3.10. The highest BCUT2D eigenvalue weighted by molar-refractivity contribution is 5.57. The van der Waals surface area contributed by atoms with Gasteiger partial charge in [-0.15, -0.1) is 0 Å². The molecular formula is C13H18N2. The van der Waals surface area contributed by atoms with E-state index < -0.39 is 0 Å². The molecule has 0 aliphatic heterocycles. The third kappa shape index (κ3) is 2.75. The first kappa shape index (κ1) is 10.1. The fourth-order valence-electron chi connectivity index (χ4n) is 2.06. The van der Waals surface area contributed by atoms with Gasteiger partial charge in [0.1, 0.15) is 0 Å². The van der Waals surface area contributed by atoms with Crippen molar-refractivity contribution < 1.29 is 0 Å². The van der Waals surface area contributed by atoms with Crippen LogP contribution in [0.2, 0.25) is 0 Å². The van der Waals surface area contributed by atoms with E-state index in [0.717, 1.165) is 17.8 Å². The molecule has 2 rings (SSSR count). The molecule has 0 fully saturated rings. The molecule has 2 heteroatoms. The van der Waals surface area contributed by atoms with Crippen molar-refractivity contribution in [2.45, 2.75) is 32.2 Å². The average molecular weight is 202 g/mol. The van der Waals surface area contributed by atoms with E-state index in [1.54, 1.807) is 0 Å². The van der Waals surface area contributed by atoms with Gasteiger partial charge in [0.15, 0.2) is 0 Å². The Morgan fingerprint density at radius 3 is 2.80 bits per heavy atom. The van der Waals surface area contributed by atoms with E-state index in [0.29, 0.717) is 6.04 Å². The lowest BCUT2D eigenvalue weighted by atomic mass is 10.0. The lowest BCUT2D eigenvalue weighted by Crippen LogP contribution is -2.20. The Hall–Kier alpha value is -1.44. The summed E-state index contributed by atoms with van der Waals surface area (Å²) in [6.45, 7) is 2.07. The highest BCUT2D eigenvalue weighted by atomic mass is 14.9. The van der Waals surface area contributed by atoms with Gasteiger partial charge in [0.05, 0.1) is 0 Å². The number of anilines is 2. The third-order valence-electron chi connectivity index (χ3n) is 2.74. The second-order valence-corrected chi connectivity index (χ2v) is 4.26. The van der Waals surface area contributed by atoms with Gasteiger partial charge in [-0.3, -0.25) is 0 Å². The van der Waals surface area contributed by atoms with Crippen LogP contribution >= 0.6 is 0 Å². The van der Waals surface area contributed by atoms with Gasteiger partial charge in [-0.05, 0) is 49.9 Å². The Bertz CT molecular complexity index is 349. The molecule has 2 nitrogen and oxygen atoms in total. The van der Waals surface area contributed by atoms with Gasteiger partial charge >= 0.3 is 0 Å². The van der Waals surface area contributed by atoms with E-state index in [1.807, 2.05) is 12.1 Å². The number of hydrogen-bond acceptors (Lipinski definition) is 2. The Kier molecular flexibility index (Phi) is 2.95. The normalized spacial score (nSPS) is 20.2. The van der Waals surface area contributed by atoms with Crippen LogP contribution < -0.4 is 11.1 Å². The lowest BCUT2D eigenvalue weighted by molar-refractivity contribution is 0.645. The van der Waals surface area contributed by atoms with Crippen LogP contribution in [-0.4, -0.2) is 6.04 Å². The molecule has 0 saturated carbocycles. The van der Waals surface area contributed by atoms with Gasteiger partial charge in [-0.2, -0.15) is 0 Å². The second kappa shape index (κ2) is 4.39. The molecule has 0 radical (unpaired) electrons. The SMILES string of the molecule is Cc1cc(N)cc(NC2CC=CCC2)c1. The summed E-state index contributed by atoms with van der Waals surface area (Å²) in [5, 5.41) is 3.53. The van der Waals surface area contributed by atoms with Crippen molar-refractivity contribution in [2.24, 2.45) is 0 Å². The first-order valence-corrected chi connectivity index (χ1v) is 5.53. The van der Waals surface area contributed by atoms with Crippen molar-refractivity contribution in [2.75, 3.05) is 11.1 Å². The Morgan fingerprint density at radius 2 is 2.13 bits per heavy atom. The van der Waals surface area contributed by atoms with Crippen LogP contribution in [0, 0.1) is 6.92 Å². The van der Waals surface area contributed by atoms with Crippen LogP contribution in [-0.2, 0) is 0 Å². The smallest absolute Gasteiger partial charge is 0.0365 e. The maximum atomic E-state index is 5.81. The minimum Gasteiger partial charge on any atom is -0.399 e. The summed E-state index contributed by atoms with van der Waals surface area (Å²) in [5.74, 6) is 0. The highest BCUT2D eigenvalue weighted by Crippen LogP contribution is 2.20. The zero-order valence-electron chi connectivity index (χ0n) is 9.16. The molecule has 1 aliphatic carbocycles. The first-order valence-electron chi connectivity index (χ1n) is 5.53. The number of nitrogens with one attached hydrogen (secondary N) is 1. The van der Waals surface area contributed by atoms with Crippen molar-refractivity contribution in [3.05, 3.63) is 35.9 Å². The number of rotatable bonds is 2. The van der Waals surface area contributed by atoms with Gasteiger partial charge in [0.25, 0.3) is 0 Å². The number of nitrogens with two attached hydrogens (primary N) is 1. The van der Waals surface area contributed by atoms with Gasteiger partial charge in [-0.1, -0.05) is 12.2 Å². The van der Waals surface area contributed by atoms with Crippen molar-refractivity contribution in [1.82, 2.24) is 0 Å². The molecule has 1 aromatic carbocycles. The van der Waals surface area contributed by atoms with Gasteiger partial charge in [0.2, 0.25) is 0 Å². The summed E-state index contributed by atoms with van der Waals surface area (Å²) < 4.78 is 0. The molecule has 1 aromatic rings. The number of allylic oxidation sites excluding steroid dienone is 1. The van der Waals surface area contributed by atoms with Crippen molar-refractivity contribution in [3.8, 4) is 0 Å². The van der Waals surface area contributed by atoms with Crippen molar-refractivity contribution in [1.29, 1.82) is 0 Å². The summed E-state index contributed by atoms with van der Waals surface area (Å²) in [7, 11) is 0. The van der Waals surface area contributed by atoms with Crippen LogP contribution in [0.1, 0.15) is 24.8 Å². The van der Waals surface area contributed by atoms with E-state index in [2.05, 4.69) is 30.5 Å². The quantitative estimate of drug-likeness (QED) is 0.571. The average Bonchev–Trinajstić information content (AvgIpc) is 2.17. The van der Waals surface area contributed by atoms with E-state index in [-0.39, 0.29) is 0 Å². The van der Waals surface area contributed by atoms with Gasteiger partial charge < -0.3 is 11.1 Å². The second-order valence-electron chi connectivity index (χ2n) is 4.26. The van der Waals surface area contributed by atoms with Crippen LogP contribution in [0.4, 0.5) is 11.4 Å². The number of benzene rings is 1. The molecule has 0 bridgehead atoms. The van der Waals surface area contributed by atoms with E-state index >= 15 is 0 Å². The topological polar surface area (TPSA) is 38.0 Å². The van der Waals surface area contributed by atoms with Crippen LogP contribution in [0.15, 0.2) is 30.4 Å². The molecular weight excluding hydrogens is 184 g/mol. The first-order chi connectivity index (χ1) is 7.24. The number of nitrogen functional groups attached to an aromatic ring is 1. The Labute approximate surface area is 91.2 Å². The minimum absolute atomic E-state index is 0.566. The molecule has 80 valence electrons. The Morgan fingerprint density at radius 1 is 1.27 bits per heavy atom. The highest BCUT2D eigenvalue weighted by Gasteiger charge is 2.09. The van der Waals surface area contributed by atoms with Crippen LogP contribution in [0.25, 0.3) is 0 Å². The van der Waals surface area contributed by atoms with Gasteiger partial charge in [0, 0.05) is 17.4 Å². The third-order valence-corrected chi connectivity index (χ3v) is 2.74. The van der Waals surface area contributed by atoms with Crippen molar-refractivity contribution >= 4 is 11.4 Å². The molecule has 15 heavy (non-hydrogen) atoms. The lowest BCUT2D eigenvalue weighted by Gasteiger charge is -2.21. The standard InChI is InChI=1S/C13H18N2/c1-10-7-11(14)9-13(8-10)15-12-5-3-2-4-6-12/h2-3,7-9,12,15H,4-6,14H2,1H3. The summed E-state index contributed by atoms with van der Waals surface area (Å²) in [6, 6.07) is 6.71. The monoisotopic (exact) mass is 202 g/mol. The molecule has 0 aromatic heterocycles. The molecule has 1 atom stereocenters. The summed E-state index contributed by atoms with van der Waals surface area (Å²) in [6.07, 6.45) is 8.01. The molecule has 0 heterocycles. The molecule has 0 spiro atoms. The van der Waals surface area contributed by atoms with E-state index in [4.69, 9.17) is 5.73 Å². The summed E-state index contributed by atoms with van der Waals surface area (Å²) in [5.41, 5.74) is 9.01. The van der Waals surface area contributed by atoms with Crippen LogP contribution in [0.3, 0.4) is 0 Å². The molecule has 1 aliphatic rings.